The SMILES string of the molecule is C[CH]OC(=O)CCC(=O)O. The lowest BCUT2D eigenvalue weighted by molar-refractivity contribution is -0.145. The van der Waals surface area contributed by atoms with E-state index in [9.17, 15) is 9.59 Å². The van der Waals surface area contributed by atoms with Crippen LogP contribution in [0.3, 0.4) is 0 Å². The summed E-state index contributed by atoms with van der Waals surface area (Å²) in [5.74, 6) is -1.50. The van der Waals surface area contributed by atoms with Crippen molar-refractivity contribution >= 4 is 11.9 Å². The molecule has 0 aromatic rings. The number of esters is 1. The quantitative estimate of drug-likeness (QED) is 0.587. The minimum Gasteiger partial charge on any atom is -0.481 e. The number of carboxylic acids is 1. The van der Waals surface area contributed by atoms with Gasteiger partial charge in [-0.25, -0.2) is 0 Å². The Balaban J connectivity index is 3.30. The van der Waals surface area contributed by atoms with Crippen molar-refractivity contribution in [2.45, 2.75) is 19.8 Å². The molecule has 0 atom stereocenters. The highest BCUT2D eigenvalue weighted by molar-refractivity contribution is 5.76. The molecule has 0 saturated heterocycles. The summed E-state index contributed by atoms with van der Waals surface area (Å²) >= 11 is 0. The fourth-order valence-corrected chi connectivity index (χ4v) is 0.399. The van der Waals surface area contributed by atoms with Gasteiger partial charge in [-0.05, 0) is 6.92 Å². The van der Waals surface area contributed by atoms with Crippen LogP contribution in [0.5, 0.6) is 0 Å². The Hall–Kier alpha value is -1.06. The molecule has 4 nitrogen and oxygen atoms in total. The molecule has 1 radical (unpaired) electrons. The molecule has 0 aromatic heterocycles. The number of hydrogen-bond donors (Lipinski definition) is 1. The van der Waals surface area contributed by atoms with E-state index >= 15 is 0 Å². The van der Waals surface area contributed by atoms with E-state index < -0.39 is 11.9 Å². The Morgan fingerprint density at radius 1 is 1.50 bits per heavy atom. The highest BCUT2D eigenvalue weighted by Gasteiger charge is 2.04. The molecule has 0 aliphatic rings. The molecular formula is C6H9O4. The maximum absolute atomic E-state index is 10.4. The Morgan fingerprint density at radius 2 is 2.10 bits per heavy atom. The number of rotatable bonds is 4. The maximum atomic E-state index is 10.4. The lowest BCUT2D eigenvalue weighted by Crippen LogP contribution is -2.04. The first-order valence-electron chi connectivity index (χ1n) is 2.86. The first-order valence-corrected chi connectivity index (χ1v) is 2.86. The van der Waals surface area contributed by atoms with E-state index in [0.717, 1.165) is 0 Å². The van der Waals surface area contributed by atoms with Crippen LogP contribution in [-0.2, 0) is 14.3 Å². The molecule has 0 aliphatic carbocycles. The fraction of sp³-hybridized carbons (Fsp3) is 0.500. The van der Waals surface area contributed by atoms with Gasteiger partial charge in [-0.15, -0.1) is 0 Å². The molecule has 4 heteroatoms. The van der Waals surface area contributed by atoms with Gasteiger partial charge in [0.05, 0.1) is 12.8 Å². The van der Waals surface area contributed by atoms with Crippen molar-refractivity contribution < 1.29 is 19.4 Å². The summed E-state index contributed by atoms with van der Waals surface area (Å²) in [7, 11) is 0. The Bertz CT molecular complexity index is 130. The summed E-state index contributed by atoms with van der Waals surface area (Å²) in [6, 6.07) is 0. The Labute approximate surface area is 58.8 Å². The van der Waals surface area contributed by atoms with E-state index in [1.165, 1.54) is 6.61 Å². The summed E-state index contributed by atoms with van der Waals surface area (Å²) < 4.78 is 4.36. The van der Waals surface area contributed by atoms with Crippen LogP contribution in [0.25, 0.3) is 0 Å². The number of hydrogen-bond acceptors (Lipinski definition) is 3. The second-order valence-electron chi connectivity index (χ2n) is 1.62. The van der Waals surface area contributed by atoms with E-state index in [1.54, 1.807) is 6.92 Å². The van der Waals surface area contributed by atoms with Crippen LogP contribution < -0.4 is 0 Å². The molecule has 57 valence electrons. The molecule has 0 unspecified atom stereocenters. The van der Waals surface area contributed by atoms with Crippen LogP contribution in [0.2, 0.25) is 0 Å². The topological polar surface area (TPSA) is 63.6 Å². The third-order valence-corrected chi connectivity index (χ3v) is 0.792. The van der Waals surface area contributed by atoms with Gasteiger partial charge in [0, 0.05) is 0 Å². The molecule has 0 rings (SSSR count). The Morgan fingerprint density at radius 3 is 2.50 bits per heavy atom. The van der Waals surface area contributed by atoms with Crippen molar-refractivity contribution in [1.29, 1.82) is 0 Å². The van der Waals surface area contributed by atoms with Gasteiger partial charge >= 0.3 is 11.9 Å². The van der Waals surface area contributed by atoms with Crippen LogP contribution in [0.1, 0.15) is 19.8 Å². The van der Waals surface area contributed by atoms with Crippen molar-refractivity contribution in [2.24, 2.45) is 0 Å². The first-order chi connectivity index (χ1) is 4.66. The van der Waals surface area contributed by atoms with Crippen LogP contribution >= 0.6 is 0 Å². The van der Waals surface area contributed by atoms with Crippen molar-refractivity contribution in [3.8, 4) is 0 Å². The molecule has 0 aliphatic heterocycles. The maximum Gasteiger partial charge on any atom is 0.306 e. The van der Waals surface area contributed by atoms with Crippen molar-refractivity contribution in [1.82, 2.24) is 0 Å². The molecule has 1 N–H and O–H groups in total. The zero-order valence-electron chi connectivity index (χ0n) is 5.66. The largest absolute Gasteiger partial charge is 0.481 e. The zero-order valence-corrected chi connectivity index (χ0v) is 5.66. The van der Waals surface area contributed by atoms with Gasteiger partial charge in [-0.3, -0.25) is 9.59 Å². The van der Waals surface area contributed by atoms with Gasteiger partial charge < -0.3 is 9.84 Å². The second kappa shape index (κ2) is 4.78. The molecule has 0 aromatic carbocycles. The van der Waals surface area contributed by atoms with E-state index in [1.807, 2.05) is 0 Å². The lowest BCUT2D eigenvalue weighted by atomic mass is 10.3. The molecule has 0 bridgehead atoms. The molecule has 10 heavy (non-hydrogen) atoms. The third kappa shape index (κ3) is 5.08. The van der Waals surface area contributed by atoms with Gasteiger partial charge in [0.2, 0.25) is 0 Å². The number of carboxylic acid groups (broad SMARTS) is 1. The minimum atomic E-state index is -0.993. The van der Waals surface area contributed by atoms with E-state index in [2.05, 4.69) is 4.74 Å². The number of carbonyl (C=O) groups excluding carboxylic acids is 1. The lowest BCUT2D eigenvalue weighted by Gasteiger charge is -1.96. The van der Waals surface area contributed by atoms with Crippen LogP contribution in [-0.4, -0.2) is 17.0 Å². The highest BCUT2D eigenvalue weighted by Crippen LogP contribution is 1.93. The average Bonchev–Trinajstić information content (AvgIpc) is 1.85. The predicted octanol–water partition coefficient (Wildman–Crippen LogP) is 0.576. The summed E-state index contributed by atoms with van der Waals surface area (Å²) in [6.45, 7) is 2.78. The third-order valence-electron chi connectivity index (χ3n) is 0.792. The fourth-order valence-electron chi connectivity index (χ4n) is 0.399. The predicted molar refractivity (Wildman–Crippen MR) is 32.9 cm³/mol. The molecule has 0 amide bonds. The van der Waals surface area contributed by atoms with E-state index in [0.29, 0.717) is 0 Å². The van der Waals surface area contributed by atoms with Gasteiger partial charge in [-0.2, -0.15) is 0 Å². The summed E-state index contributed by atoms with van der Waals surface area (Å²) in [5, 5.41) is 8.11. The summed E-state index contributed by atoms with van der Waals surface area (Å²) in [5.41, 5.74) is 0. The van der Waals surface area contributed by atoms with E-state index in [-0.39, 0.29) is 12.8 Å². The zero-order chi connectivity index (χ0) is 7.98. The average molecular weight is 145 g/mol. The van der Waals surface area contributed by atoms with Crippen LogP contribution in [0.4, 0.5) is 0 Å². The van der Waals surface area contributed by atoms with Crippen molar-refractivity contribution in [3.63, 3.8) is 0 Å². The second-order valence-corrected chi connectivity index (χ2v) is 1.62. The molecule has 0 fully saturated rings. The van der Waals surface area contributed by atoms with Crippen LogP contribution in [0.15, 0.2) is 0 Å². The van der Waals surface area contributed by atoms with Gasteiger partial charge in [0.15, 0.2) is 0 Å². The normalized spacial score (nSPS) is 8.90. The number of ether oxygens (including phenoxy) is 1. The smallest absolute Gasteiger partial charge is 0.306 e. The number of carbonyl (C=O) groups is 2. The molecule has 0 heterocycles. The molecular weight excluding hydrogens is 136 g/mol. The monoisotopic (exact) mass is 145 g/mol. The summed E-state index contributed by atoms with van der Waals surface area (Å²) in [4.78, 5) is 20.3. The van der Waals surface area contributed by atoms with E-state index in [4.69, 9.17) is 5.11 Å². The van der Waals surface area contributed by atoms with Crippen molar-refractivity contribution in [3.05, 3.63) is 6.61 Å². The number of aliphatic carboxylic acids is 1. The first kappa shape index (κ1) is 8.94. The summed E-state index contributed by atoms with van der Waals surface area (Å²) in [6.07, 6.45) is -0.244. The van der Waals surface area contributed by atoms with Crippen LogP contribution in [0, 0.1) is 6.61 Å². The van der Waals surface area contributed by atoms with Crippen molar-refractivity contribution in [2.75, 3.05) is 0 Å². The highest BCUT2D eigenvalue weighted by atomic mass is 16.5. The Kier molecular flexibility index (Phi) is 4.28. The molecule has 0 spiro atoms. The standard InChI is InChI=1S/C6H9O4/c1-2-10-6(9)4-3-5(7)8/h2H,3-4H2,1H3,(H,7,8). The molecule has 0 saturated carbocycles. The minimum absolute atomic E-state index is 0.0698. The van der Waals surface area contributed by atoms with Gasteiger partial charge in [0.1, 0.15) is 6.61 Å². The van der Waals surface area contributed by atoms with Gasteiger partial charge in [0.25, 0.3) is 0 Å². The van der Waals surface area contributed by atoms with Gasteiger partial charge in [-0.1, -0.05) is 0 Å².